The van der Waals surface area contributed by atoms with Crippen molar-refractivity contribution in [3.05, 3.63) is 59.7 Å². The normalized spacial score (nSPS) is 20.2. The van der Waals surface area contributed by atoms with Gasteiger partial charge in [0, 0.05) is 56.3 Å². The number of aliphatic hydroxyl groups is 1. The predicted octanol–water partition coefficient (Wildman–Crippen LogP) is 7.91. The molecule has 3 fully saturated rings. The van der Waals surface area contributed by atoms with Gasteiger partial charge in [0.05, 0.1) is 42.5 Å². The van der Waals surface area contributed by atoms with Gasteiger partial charge in [-0.3, -0.25) is 24.1 Å². The fourth-order valence-corrected chi connectivity index (χ4v) is 9.73. The van der Waals surface area contributed by atoms with E-state index in [2.05, 4.69) is 17.1 Å². The smallest absolute Gasteiger partial charge is 0.416 e. The van der Waals surface area contributed by atoms with Crippen LogP contribution in [0.4, 0.5) is 16.2 Å². The number of anilines is 2. The number of rotatable bonds is 22. The number of nitrogens with one attached hydrogen (secondary N) is 2. The van der Waals surface area contributed by atoms with E-state index in [1.54, 1.807) is 30.3 Å². The fraction of sp³-hybridized carbons (Fsp3) is 0.623. The van der Waals surface area contributed by atoms with Crippen LogP contribution in [-0.2, 0) is 35.3 Å². The lowest BCUT2D eigenvalue weighted by molar-refractivity contribution is -0.140. The Morgan fingerprint density at radius 1 is 0.914 bits per heavy atom. The first-order chi connectivity index (χ1) is 33.4. The van der Waals surface area contributed by atoms with Gasteiger partial charge in [-0.2, -0.15) is 0 Å². The van der Waals surface area contributed by atoms with Crippen LogP contribution in [0.1, 0.15) is 147 Å². The highest BCUT2D eigenvalue weighted by Crippen LogP contribution is 2.42. The number of methoxy groups -OCH3 is 1. The number of amides is 5. The summed E-state index contributed by atoms with van der Waals surface area (Å²) in [7, 11) is 2.90. The van der Waals surface area contributed by atoms with Gasteiger partial charge in [0.15, 0.2) is 17.7 Å². The number of imide groups is 1. The summed E-state index contributed by atoms with van der Waals surface area (Å²) >= 11 is 0. The lowest BCUT2D eigenvalue weighted by Gasteiger charge is -2.31. The maximum atomic E-state index is 13.9. The highest BCUT2D eigenvalue weighted by Gasteiger charge is 2.47. The molecule has 1 saturated carbocycles. The summed E-state index contributed by atoms with van der Waals surface area (Å²) in [5, 5.41) is 17.7. The Hall–Kier alpha value is -5.42. The van der Waals surface area contributed by atoms with Gasteiger partial charge >= 0.3 is 13.5 Å². The van der Waals surface area contributed by atoms with Gasteiger partial charge in [0.2, 0.25) is 17.7 Å². The van der Waals surface area contributed by atoms with Crippen LogP contribution >= 0.6 is 0 Å². The summed E-state index contributed by atoms with van der Waals surface area (Å²) in [5.41, 5.74) is 0.912. The molecule has 381 valence electrons. The highest BCUT2D eigenvalue weighted by atomic mass is 16.6. The van der Waals surface area contributed by atoms with Crippen molar-refractivity contribution in [2.24, 2.45) is 17.3 Å². The molecule has 5 amide bonds. The maximum Gasteiger partial charge on any atom is 0.416 e. The average molecular weight is 969 g/mol. The summed E-state index contributed by atoms with van der Waals surface area (Å²) in [6, 6.07) is 9.38. The number of likely N-dealkylation sites (tertiary alicyclic amines) is 1. The SMILES string of the molecule is C=C1C[C@H]2[C@H](O)N(C(=O)OCc3ccc(N[B]C(=O)C(C)(C)CCOC(C)(C)CCNC(=O)CCN4C(=O)CC(C5CCCCCCCC5)C4=O)cc3)c3cc(OCCCC)c(OC)cc3C(=O)N2C1. The molecule has 3 aliphatic heterocycles. The van der Waals surface area contributed by atoms with Gasteiger partial charge in [-0.05, 0) is 82.1 Å². The molecule has 1 radical (unpaired) electrons. The number of benzene rings is 2. The molecule has 4 aliphatic rings. The molecule has 3 atom stereocenters. The number of unbranched alkanes of at least 4 members (excludes halogenated alkanes) is 1. The van der Waals surface area contributed by atoms with Gasteiger partial charge in [-0.1, -0.05) is 90.0 Å². The lowest BCUT2D eigenvalue weighted by Crippen LogP contribution is -2.50. The molecule has 1 aliphatic carbocycles. The zero-order valence-electron chi connectivity index (χ0n) is 42.3. The number of nitrogens with zero attached hydrogens (tertiary/aromatic N) is 3. The Kier molecular flexibility index (Phi) is 19.0. The molecule has 1 unspecified atom stereocenters. The second kappa shape index (κ2) is 24.6. The number of ether oxygens (including phenoxy) is 4. The Bertz CT molecular complexity index is 2190. The Morgan fingerprint density at radius 3 is 2.30 bits per heavy atom. The van der Waals surface area contributed by atoms with Crippen LogP contribution < -0.4 is 24.9 Å². The van der Waals surface area contributed by atoms with Crippen LogP contribution in [-0.4, -0.2) is 116 Å². The molecule has 2 aromatic rings. The molecular weight excluding hydrogens is 893 g/mol. The molecule has 0 aromatic heterocycles. The van der Waals surface area contributed by atoms with E-state index in [0.717, 1.165) is 49.0 Å². The third-order valence-electron chi connectivity index (χ3n) is 14.3. The van der Waals surface area contributed by atoms with Crippen molar-refractivity contribution in [1.82, 2.24) is 15.1 Å². The topological polar surface area (TPSA) is 193 Å². The standard InChI is InChI=1S/C53H75BN5O11/c1-8-9-27-68-44-32-41-40(30-43(44)67-7)48(63)58-33-35(2)29-42(58)49(64)59(41)51(66)69-34-36-18-20-38(21-19-36)56-54-50(65)52(3,4)24-28-70-53(5,6)23-25-55-45(60)22-26-57-46(61)31-39(47(57)62)37-16-14-12-10-11-13-15-17-37/h18-21,30,32,37,39,42,49,56,64H,2,8-17,22-29,31,33-34H2,1,3-7H3,(H,55,60)/t39?,42-,49-/m0/s1. The molecule has 3 heterocycles. The summed E-state index contributed by atoms with van der Waals surface area (Å²) < 4.78 is 23.5. The van der Waals surface area contributed by atoms with E-state index in [1.165, 1.54) is 56.1 Å². The fourth-order valence-electron chi connectivity index (χ4n) is 9.73. The Morgan fingerprint density at radius 2 is 1.61 bits per heavy atom. The first-order valence-electron chi connectivity index (χ1n) is 25.4. The first kappa shape index (κ1) is 53.9. The van der Waals surface area contributed by atoms with E-state index in [9.17, 15) is 33.9 Å². The largest absolute Gasteiger partial charge is 0.493 e. The molecule has 17 heteroatoms. The summed E-state index contributed by atoms with van der Waals surface area (Å²) in [6.07, 6.45) is 10.0. The molecule has 70 heavy (non-hydrogen) atoms. The predicted molar refractivity (Wildman–Crippen MR) is 267 cm³/mol. The minimum Gasteiger partial charge on any atom is -0.493 e. The number of carbonyl (C=O) groups is 6. The van der Waals surface area contributed by atoms with Crippen molar-refractivity contribution < 1.29 is 52.8 Å². The van der Waals surface area contributed by atoms with Crippen LogP contribution in [0.2, 0.25) is 0 Å². The minimum atomic E-state index is -1.42. The second-order valence-electron chi connectivity index (χ2n) is 20.6. The van der Waals surface area contributed by atoms with Crippen LogP contribution in [0.15, 0.2) is 48.6 Å². The molecule has 16 nitrogen and oxygen atoms in total. The van der Waals surface area contributed by atoms with Gasteiger partial charge in [-0.15, -0.1) is 0 Å². The highest BCUT2D eigenvalue weighted by molar-refractivity contribution is 6.77. The van der Waals surface area contributed by atoms with E-state index in [-0.39, 0.29) is 84.9 Å². The Balaban J connectivity index is 0.922. The van der Waals surface area contributed by atoms with E-state index >= 15 is 0 Å². The molecule has 0 spiro atoms. The van der Waals surface area contributed by atoms with Crippen LogP contribution in [0.3, 0.4) is 0 Å². The zero-order valence-corrected chi connectivity index (χ0v) is 42.3. The molecule has 6 rings (SSSR count). The minimum absolute atomic E-state index is 0.0619. The summed E-state index contributed by atoms with van der Waals surface area (Å²) in [6.45, 7) is 14.9. The number of hydrogen-bond donors (Lipinski definition) is 3. The molecule has 0 bridgehead atoms. The van der Waals surface area contributed by atoms with Crippen molar-refractivity contribution in [3.8, 4) is 11.5 Å². The van der Waals surface area contributed by atoms with Gasteiger partial charge in [0.25, 0.3) is 5.91 Å². The number of aliphatic hydroxyl groups excluding tert-OH is 1. The summed E-state index contributed by atoms with van der Waals surface area (Å²) in [4.78, 5) is 83.9. The summed E-state index contributed by atoms with van der Waals surface area (Å²) in [5.74, 6) is -0.211. The molecule has 2 saturated heterocycles. The zero-order chi connectivity index (χ0) is 50.6. The van der Waals surface area contributed by atoms with Crippen LogP contribution in [0, 0.1) is 17.3 Å². The monoisotopic (exact) mass is 969 g/mol. The molecule has 3 N–H and O–H groups in total. The number of fused-ring (bicyclic) bond motifs is 2. The van der Waals surface area contributed by atoms with Crippen LogP contribution in [0.25, 0.3) is 0 Å². The van der Waals surface area contributed by atoms with Crippen molar-refractivity contribution in [2.45, 2.75) is 155 Å². The van der Waals surface area contributed by atoms with Crippen molar-refractivity contribution in [3.63, 3.8) is 0 Å². The van der Waals surface area contributed by atoms with Crippen molar-refractivity contribution in [1.29, 1.82) is 0 Å². The first-order valence-corrected chi connectivity index (χ1v) is 25.4. The Labute approximate surface area is 414 Å². The van der Waals surface area contributed by atoms with Gasteiger partial charge in [-0.25, -0.2) is 9.69 Å². The maximum absolute atomic E-state index is 13.9. The third-order valence-corrected chi connectivity index (χ3v) is 14.3. The quantitative estimate of drug-likeness (QED) is 0.0448. The van der Waals surface area contributed by atoms with Crippen molar-refractivity contribution >= 4 is 54.2 Å². The van der Waals surface area contributed by atoms with E-state index < -0.39 is 29.4 Å². The molecular formula is C53H75BN5O11. The van der Waals surface area contributed by atoms with E-state index in [4.69, 9.17) is 18.9 Å². The van der Waals surface area contributed by atoms with E-state index in [1.807, 2.05) is 34.6 Å². The number of hydrogen-bond acceptors (Lipinski definition) is 12. The lowest BCUT2D eigenvalue weighted by atomic mass is 9.69. The van der Waals surface area contributed by atoms with E-state index in [0.29, 0.717) is 61.8 Å². The number of carbonyl (C=O) groups excluding carboxylic acids is 6. The van der Waals surface area contributed by atoms with Gasteiger partial charge < -0.3 is 44.3 Å². The van der Waals surface area contributed by atoms with Crippen molar-refractivity contribution in [2.75, 3.05) is 50.1 Å². The van der Waals surface area contributed by atoms with Crippen LogP contribution in [0.5, 0.6) is 11.5 Å². The average Bonchev–Trinajstić information content (AvgIpc) is 3.88. The van der Waals surface area contributed by atoms with Gasteiger partial charge in [0.1, 0.15) is 12.3 Å². The third kappa shape index (κ3) is 13.9. The second-order valence-corrected chi connectivity index (χ2v) is 20.6. The molecule has 2 aromatic carbocycles.